The van der Waals surface area contributed by atoms with Crippen molar-refractivity contribution in [2.75, 3.05) is 27.8 Å². The van der Waals surface area contributed by atoms with E-state index >= 15 is 0 Å². The topological polar surface area (TPSA) is 50.8 Å². The molecule has 1 aromatic carbocycles. The molecule has 0 aliphatic carbocycles. The van der Waals surface area contributed by atoms with Crippen LogP contribution in [0.25, 0.3) is 0 Å². The number of ether oxygens (including phenoxy) is 2. The van der Waals surface area contributed by atoms with E-state index in [4.69, 9.17) is 9.47 Å². The van der Waals surface area contributed by atoms with Crippen LogP contribution in [0.15, 0.2) is 18.2 Å². The van der Waals surface area contributed by atoms with Crippen molar-refractivity contribution in [2.24, 2.45) is 0 Å². The summed E-state index contributed by atoms with van der Waals surface area (Å²) in [7, 11) is 5.10. The van der Waals surface area contributed by atoms with Gasteiger partial charge in [0, 0.05) is 19.6 Å². The Bertz CT molecular complexity index is 504. The second-order valence-electron chi connectivity index (χ2n) is 5.34. The van der Waals surface area contributed by atoms with Gasteiger partial charge in [-0.25, -0.2) is 0 Å². The third-order valence-corrected chi connectivity index (χ3v) is 4.05. The van der Waals surface area contributed by atoms with Crippen LogP contribution in [0.3, 0.4) is 0 Å². The number of likely N-dealkylation sites (N-methyl/N-ethyl adjacent to an activating group) is 1. The average molecular weight is 292 g/mol. The van der Waals surface area contributed by atoms with Gasteiger partial charge in [0.05, 0.1) is 20.3 Å². The monoisotopic (exact) mass is 292 g/mol. The smallest absolute Gasteiger partial charge is 0.239 e. The molecule has 0 aromatic heterocycles. The molecule has 116 valence electrons. The molecule has 2 unspecified atom stereocenters. The average Bonchev–Trinajstić information content (AvgIpc) is 2.83. The molecule has 1 fully saturated rings. The van der Waals surface area contributed by atoms with Crippen LogP contribution in [0.4, 0.5) is 0 Å². The maximum Gasteiger partial charge on any atom is 0.239 e. The van der Waals surface area contributed by atoms with E-state index in [9.17, 15) is 4.79 Å². The quantitative estimate of drug-likeness (QED) is 0.871. The van der Waals surface area contributed by atoms with Crippen molar-refractivity contribution in [1.29, 1.82) is 0 Å². The van der Waals surface area contributed by atoms with E-state index in [1.165, 1.54) is 0 Å². The Morgan fingerprint density at radius 1 is 1.33 bits per heavy atom. The molecule has 1 aliphatic rings. The van der Waals surface area contributed by atoms with Crippen molar-refractivity contribution < 1.29 is 14.3 Å². The molecular weight excluding hydrogens is 268 g/mol. The third-order valence-electron chi connectivity index (χ3n) is 4.05. The lowest BCUT2D eigenvalue weighted by Gasteiger charge is -2.22. The van der Waals surface area contributed by atoms with Gasteiger partial charge in [0.15, 0.2) is 11.5 Å². The summed E-state index contributed by atoms with van der Waals surface area (Å²) >= 11 is 0. The van der Waals surface area contributed by atoms with E-state index in [-0.39, 0.29) is 18.0 Å². The third kappa shape index (κ3) is 3.29. The summed E-state index contributed by atoms with van der Waals surface area (Å²) < 4.78 is 10.6. The van der Waals surface area contributed by atoms with E-state index in [0.717, 1.165) is 24.9 Å². The molecular formula is C16H24N2O3. The predicted molar refractivity (Wildman–Crippen MR) is 81.8 cm³/mol. The molecule has 0 spiro atoms. The normalized spacial score (nSPS) is 19.7. The van der Waals surface area contributed by atoms with Gasteiger partial charge in [-0.2, -0.15) is 0 Å². The van der Waals surface area contributed by atoms with Gasteiger partial charge < -0.3 is 14.4 Å². The van der Waals surface area contributed by atoms with Gasteiger partial charge in [-0.15, -0.1) is 0 Å². The number of hydrogen-bond acceptors (Lipinski definition) is 4. The summed E-state index contributed by atoms with van der Waals surface area (Å²) in [4.78, 5) is 13.8. The zero-order valence-electron chi connectivity index (χ0n) is 13.2. The molecule has 1 heterocycles. The van der Waals surface area contributed by atoms with Crippen LogP contribution in [0, 0.1) is 0 Å². The van der Waals surface area contributed by atoms with Crippen LogP contribution in [-0.2, 0) is 4.79 Å². The minimum atomic E-state index is -0.0898. The SMILES string of the molecule is CCC(NC1CCN(C)C1=O)c1ccc(OC)c(OC)c1. The zero-order chi connectivity index (χ0) is 15.4. The molecule has 5 heteroatoms. The first kappa shape index (κ1) is 15.6. The fourth-order valence-corrected chi connectivity index (χ4v) is 2.74. The highest BCUT2D eigenvalue weighted by Crippen LogP contribution is 2.31. The van der Waals surface area contributed by atoms with E-state index < -0.39 is 0 Å². The fraction of sp³-hybridized carbons (Fsp3) is 0.562. The number of carbonyl (C=O) groups is 1. The Kier molecular flexibility index (Phi) is 5.07. The molecule has 1 saturated heterocycles. The van der Waals surface area contributed by atoms with Gasteiger partial charge in [-0.05, 0) is 30.5 Å². The molecule has 2 rings (SSSR count). The van der Waals surface area contributed by atoms with E-state index in [2.05, 4.69) is 12.2 Å². The van der Waals surface area contributed by atoms with Crippen LogP contribution in [-0.4, -0.2) is 44.7 Å². The molecule has 0 saturated carbocycles. The second-order valence-corrected chi connectivity index (χ2v) is 5.34. The minimum Gasteiger partial charge on any atom is -0.493 e. The number of nitrogens with one attached hydrogen (secondary N) is 1. The number of nitrogens with zero attached hydrogens (tertiary/aromatic N) is 1. The summed E-state index contributed by atoms with van der Waals surface area (Å²) in [5, 5.41) is 3.46. The van der Waals surface area contributed by atoms with Crippen molar-refractivity contribution in [3.05, 3.63) is 23.8 Å². The van der Waals surface area contributed by atoms with Gasteiger partial charge >= 0.3 is 0 Å². The summed E-state index contributed by atoms with van der Waals surface area (Å²) in [5.41, 5.74) is 1.11. The maximum absolute atomic E-state index is 12.0. The van der Waals surface area contributed by atoms with Crippen molar-refractivity contribution in [1.82, 2.24) is 10.2 Å². The highest BCUT2D eigenvalue weighted by molar-refractivity contribution is 5.83. The molecule has 21 heavy (non-hydrogen) atoms. The standard InChI is InChI=1S/C16H24N2O3/c1-5-12(17-13-8-9-18(2)16(13)19)11-6-7-14(20-3)15(10-11)21-4/h6-7,10,12-13,17H,5,8-9H2,1-4H3. The van der Waals surface area contributed by atoms with Crippen LogP contribution in [0.1, 0.15) is 31.4 Å². The molecule has 1 aliphatic heterocycles. The lowest BCUT2D eigenvalue weighted by atomic mass is 10.0. The number of benzene rings is 1. The molecule has 0 bridgehead atoms. The summed E-state index contributed by atoms with van der Waals surface area (Å²) in [5.74, 6) is 1.60. The maximum atomic E-state index is 12.0. The minimum absolute atomic E-state index is 0.0898. The highest BCUT2D eigenvalue weighted by atomic mass is 16.5. The number of methoxy groups -OCH3 is 2. The zero-order valence-corrected chi connectivity index (χ0v) is 13.2. The number of rotatable bonds is 6. The first-order chi connectivity index (χ1) is 10.1. The largest absolute Gasteiger partial charge is 0.493 e. The molecule has 1 aromatic rings. The van der Waals surface area contributed by atoms with Gasteiger partial charge in [0.2, 0.25) is 5.91 Å². The predicted octanol–water partition coefficient (Wildman–Crippen LogP) is 1.98. The van der Waals surface area contributed by atoms with Crippen LogP contribution in [0.2, 0.25) is 0 Å². The molecule has 0 radical (unpaired) electrons. The Morgan fingerprint density at radius 2 is 2.05 bits per heavy atom. The number of hydrogen-bond donors (Lipinski definition) is 1. The van der Waals surface area contributed by atoms with Gasteiger partial charge in [0.25, 0.3) is 0 Å². The van der Waals surface area contributed by atoms with Crippen LogP contribution >= 0.6 is 0 Å². The number of amides is 1. The van der Waals surface area contributed by atoms with Crippen molar-refractivity contribution in [3.8, 4) is 11.5 Å². The van der Waals surface area contributed by atoms with Crippen molar-refractivity contribution >= 4 is 5.91 Å². The summed E-state index contributed by atoms with van der Waals surface area (Å²) in [6, 6.07) is 5.94. The van der Waals surface area contributed by atoms with Crippen LogP contribution in [0.5, 0.6) is 11.5 Å². The van der Waals surface area contributed by atoms with E-state index in [1.54, 1.807) is 19.1 Å². The van der Waals surface area contributed by atoms with E-state index in [1.807, 2.05) is 25.2 Å². The van der Waals surface area contributed by atoms with Crippen LogP contribution < -0.4 is 14.8 Å². The summed E-state index contributed by atoms with van der Waals surface area (Å²) in [6.45, 7) is 2.93. The Balaban J connectivity index is 2.16. The first-order valence-corrected chi connectivity index (χ1v) is 7.33. The molecule has 5 nitrogen and oxygen atoms in total. The number of likely N-dealkylation sites (tertiary alicyclic amines) is 1. The Labute approximate surface area is 126 Å². The first-order valence-electron chi connectivity index (χ1n) is 7.33. The summed E-state index contributed by atoms with van der Waals surface area (Å²) in [6.07, 6.45) is 1.77. The van der Waals surface area contributed by atoms with Crippen molar-refractivity contribution in [2.45, 2.75) is 31.8 Å². The lowest BCUT2D eigenvalue weighted by molar-refractivity contribution is -0.128. The fourth-order valence-electron chi connectivity index (χ4n) is 2.74. The van der Waals surface area contributed by atoms with Gasteiger partial charge in [-0.3, -0.25) is 10.1 Å². The van der Waals surface area contributed by atoms with Crippen molar-refractivity contribution in [3.63, 3.8) is 0 Å². The van der Waals surface area contributed by atoms with Gasteiger partial charge in [0.1, 0.15) is 0 Å². The second kappa shape index (κ2) is 6.80. The molecule has 1 amide bonds. The highest BCUT2D eigenvalue weighted by Gasteiger charge is 2.30. The lowest BCUT2D eigenvalue weighted by Crippen LogP contribution is -2.39. The van der Waals surface area contributed by atoms with E-state index in [0.29, 0.717) is 11.5 Å². The Hall–Kier alpha value is -1.75. The number of carbonyl (C=O) groups excluding carboxylic acids is 1. The molecule has 1 N–H and O–H groups in total. The van der Waals surface area contributed by atoms with Gasteiger partial charge in [-0.1, -0.05) is 13.0 Å². The Morgan fingerprint density at radius 3 is 2.57 bits per heavy atom. The molecule has 2 atom stereocenters.